The van der Waals surface area contributed by atoms with Crippen molar-refractivity contribution in [1.29, 1.82) is 0 Å². The Morgan fingerprint density at radius 2 is 1.84 bits per heavy atom. The third-order valence-corrected chi connectivity index (χ3v) is 4.91. The highest BCUT2D eigenvalue weighted by Gasteiger charge is 2.25. The number of benzene rings is 2. The van der Waals surface area contributed by atoms with Crippen molar-refractivity contribution >= 4 is 16.7 Å². The Labute approximate surface area is 193 Å². The summed E-state index contributed by atoms with van der Waals surface area (Å²) in [5.74, 6) is 11.3. The van der Waals surface area contributed by atoms with E-state index in [1.54, 1.807) is 0 Å². The molecule has 4 rings (SSSR count). The first-order valence-electron chi connectivity index (χ1n) is 11.5. The normalized spacial score (nSPS) is 14.4. The van der Waals surface area contributed by atoms with Gasteiger partial charge < -0.3 is 21.6 Å². The van der Waals surface area contributed by atoms with E-state index in [0.29, 0.717) is 5.84 Å². The maximum absolute atomic E-state index is 5.49. The number of aromatic amines is 1. The maximum atomic E-state index is 5.49. The summed E-state index contributed by atoms with van der Waals surface area (Å²) in [5, 5.41) is 8.60. The van der Waals surface area contributed by atoms with Crippen LogP contribution in [0.25, 0.3) is 10.9 Å². The van der Waals surface area contributed by atoms with E-state index in [0.717, 1.165) is 30.5 Å². The number of nitrogens with two attached hydrogens (primary N) is 2. The van der Waals surface area contributed by atoms with E-state index in [4.69, 9.17) is 11.7 Å². The smallest absolute Gasteiger partial charge is 0.166 e. The highest BCUT2D eigenvalue weighted by Crippen LogP contribution is 2.33. The minimum absolute atomic E-state index is 0.109. The van der Waals surface area contributed by atoms with E-state index in [-0.39, 0.29) is 6.04 Å². The molecule has 2 heterocycles. The molecule has 1 aromatic heterocycles. The molecule has 0 saturated carbocycles. The highest BCUT2D eigenvalue weighted by molar-refractivity contribution is 5.98. The van der Waals surface area contributed by atoms with E-state index in [9.17, 15) is 0 Å². The van der Waals surface area contributed by atoms with Crippen LogP contribution >= 0.6 is 0 Å². The summed E-state index contributed by atoms with van der Waals surface area (Å²) < 4.78 is 0. The lowest BCUT2D eigenvalue weighted by molar-refractivity contribution is 0.560. The van der Waals surface area contributed by atoms with Gasteiger partial charge in [-0.3, -0.25) is 0 Å². The lowest BCUT2D eigenvalue weighted by Crippen LogP contribution is -2.33. The van der Waals surface area contributed by atoms with Crippen LogP contribution in [0, 0.1) is 0 Å². The number of rotatable bonds is 3. The van der Waals surface area contributed by atoms with Crippen molar-refractivity contribution < 1.29 is 0 Å². The Morgan fingerprint density at radius 3 is 2.47 bits per heavy atom. The van der Waals surface area contributed by atoms with Crippen molar-refractivity contribution in [1.82, 2.24) is 15.7 Å². The number of aromatic nitrogens is 1. The highest BCUT2D eigenvalue weighted by atomic mass is 15.3. The van der Waals surface area contributed by atoms with Gasteiger partial charge in [0.15, 0.2) is 5.84 Å². The van der Waals surface area contributed by atoms with Crippen molar-refractivity contribution in [2.75, 3.05) is 6.54 Å². The molecule has 1 aliphatic rings. The molecule has 0 amide bonds. The molecule has 7 N–H and O–H groups in total. The number of fused-ring (bicyclic) bond motifs is 3. The Kier molecular flexibility index (Phi) is 12.5. The molecule has 1 aliphatic heterocycles. The van der Waals surface area contributed by atoms with Gasteiger partial charge in [0.1, 0.15) is 0 Å². The Morgan fingerprint density at radius 1 is 1.16 bits per heavy atom. The number of hydrazine groups is 1. The van der Waals surface area contributed by atoms with E-state index in [2.05, 4.69) is 70.7 Å². The Hall–Kier alpha value is -3.09. The standard InChI is InChI=1S/C18H20N6.C4H8.2C2H6/c19-23-18(24-20)12-5-3-4-11(10-12)16-17-14(8-9-21-16)13-6-1-2-7-15(13)22-17;1-3-4-2;2*1-2/h1-7,10,16,21-22H,8-9,19-20H2,(H,23,24);3H,1,4H2,2H3;2*1-2H3. The third-order valence-electron chi connectivity index (χ3n) is 4.91. The van der Waals surface area contributed by atoms with Crippen molar-refractivity contribution in [3.8, 4) is 0 Å². The molecule has 0 bridgehead atoms. The fraction of sp³-hybridized carbons (Fsp3) is 0.346. The van der Waals surface area contributed by atoms with Gasteiger partial charge in [0.05, 0.1) is 6.04 Å². The van der Waals surface area contributed by atoms with Gasteiger partial charge in [0.2, 0.25) is 0 Å². The van der Waals surface area contributed by atoms with Gasteiger partial charge in [-0.25, -0.2) is 5.84 Å². The molecule has 1 atom stereocenters. The first-order chi connectivity index (χ1) is 15.7. The largest absolute Gasteiger partial charge is 0.357 e. The first-order valence-corrected chi connectivity index (χ1v) is 11.5. The number of hydrogen-bond acceptors (Lipinski definition) is 4. The number of H-pyrrole nitrogens is 1. The number of nitrogens with one attached hydrogen (secondary N) is 3. The molecular weight excluding hydrogens is 396 g/mol. The molecular formula is C26H40N6. The molecule has 0 radical (unpaired) electrons. The van der Waals surface area contributed by atoms with Gasteiger partial charge >= 0.3 is 0 Å². The summed E-state index contributed by atoms with van der Waals surface area (Å²) in [7, 11) is 0. The van der Waals surface area contributed by atoms with Crippen molar-refractivity contribution in [3.63, 3.8) is 0 Å². The molecule has 3 aromatic rings. The fourth-order valence-electron chi connectivity index (χ4n) is 3.53. The van der Waals surface area contributed by atoms with Crippen LogP contribution in [0.1, 0.15) is 69.5 Å². The van der Waals surface area contributed by atoms with Gasteiger partial charge in [-0.05, 0) is 36.1 Å². The number of amidine groups is 1. The predicted molar refractivity (Wildman–Crippen MR) is 140 cm³/mol. The zero-order valence-corrected chi connectivity index (χ0v) is 20.2. The lowest BCUT2D eigenvalue weighted by atomic mass is 9.93. The number of hydrogen-bond donors (Lipinski definition) is 5. The average molecular weight is 437 g/mol. The average Bonchev–Trinajstić information content (AvgIpc) is 3.26. The lowest BCUT2D eigenvalue weighted by Gasteiger charge is -2.25. The summed E-state index contributed by atoms with van der Waals surface area (Å²) in [4.78, 5) is 3.58. The summed E-state index contributed by atoms with van der Waals surface area (Å²) in [6, 6.07) is 16.7. The molecule has 2 aromatic carbocycles. The van der Waals surface area contributed by atoms with Crippen molar-refractivity contribution in [2.24, 2.45) is 16.8 Å². The minimum Gasteiger partial charge on any atom is -0.357 e. The Bertz CT molecular complexity index is 973. The molecule has 6 heteroatoms. The van der Waals surface area contributed by atoms with E-state index in [1.165, 1.54) is 22.2 Å². The SMILES string of the molecule is C=CCC.CC.CC.N/N=C(\NN)c1cccc(C2NCCc3c2[nH]c2ccccc32)c1. The number of hydrazone groups is 1. The summed E-state index contributed by atoms with van der Waals surface area (Å²) in [6.45, 7) is 14.5. The van der Waals surface area contributed by atoms with Crippen molar-refractivity contribution in [2.45, 2.75) is 53.5 Å². The molecule has 6 nitrogen and oxygen atoms in total. The summed E-state index contributed by atoms with van der Waals surface area (Å²) in [6.07, 6.45) is 3.98. The van der Waals surface area contributed by atoms with Crippen LogP contribution in [0.2, 0.25) is 0 Å². The molecule has 174 valence electrons. The quantitative estimate of drug-likeness (QED) is 0.129. The molecule has 1 unspecified atom stereocenters. The first kappa shape index (κ1) is 26.9. The zero-order valence-electron chi connectivity index (χ0n) is 20.2. The van der Waals surface area contributed by atoms with Gasteiger partial charge in [0.25, 0.3) is 0 Å². The summed E-state index contributed by atoms with van der Waals surface area (Å²) >= 11 is 0. The molecule has 0 saturated heterocycles. The van der Waals surface area contributed by atoms with Gasteiger partial charge in [-0.1, -0.05) is 77.1 Å². The van der Waals surface area contributed by atoms with E-state index in [1.807, 2.05) is 45.9 Å². The second kappa shape index (κ2) is 14.8. The van der Waals surface area contributed by atoms with Gasteiger partial charge in [0, 0.05) is 28.7 Å². The van der Waals surface area contributed by atoms with Crippen LogP contribution < -0.4 is 22.4 Å². The molecule has 32 heavy (non-hydrogen) atoms. The third kappa shape index (κ3) is 6.45. The Balaban J connectivity index is 0.000000568. The zero-order chi connectivity index (χ0) is 23.9. The number of allylic oxidation sites excluding steroid dienone is 1. The molecule has 0 fully saturated rings. The van der Waals surface area contributed by atoms with Crippen LogP contribution in [0.5, 0.6) is 0 Å². The maximum Gasteiger partial charge on any atom is 0.166 e. The van der Waals surface area contributed by atoms with Crippen LogP contribution in [0.15, 0.2) is 66.3 Å². The molecule has 0 spiro atoms. The van der Waals surface area contributed by atoms with Crippen LogP contribution in [-0.4, -0.2) is 17.4 Å². The van der Waals surface area contributed by atoms with Crippen LogP contribution in [0.4, 0.5) is 0 Å². The summed E-state index contributed by atoms with van der Waals surface area (Å²) in [5.41, 5.74) is 8.35. The monoisotopic (exact) mass is 436 g/mol. The second-order valence-corrected chi connectivity index (χ2v) is 6.64. The van der Waals surface area contributed by atoms with Crippen molar-refractivity contribution in [3.05, 3.63) is 83.6 Å². The van der Waals surface area contributed by atoms with E-state index >= 15 is 0 Å². The van der Waals surface area contributed by atoms with Gasteiger partial charge in [-0.2, -0.15) is 5.10 Å². The minimum atomic E-state index is 0.109. The second-order valence-electron chi connectivity index (χ2n) is 6.64. The number of para-hydroxylation sites is 1. The predicted octanol–water partition coefficient (Wildman–Crippen LogP) is 5.12. The van der Waals surface area contributed by atoms with Crippen LogP contribution in [0.3, 0.4) is 0 Å². The van der Waals surface area contributed by atoms with E-state index < -0.39 is 0 Å². The van der Waals surface area contributed by atoms with Crippen LogP contribution in [-0.2, 0) is 6.42 Å². The molecule has 0 aliphatic carbocycles. The van der Waals surface area contributed by atoms with Gasteiger partial charge in [-0.15, -0.1) is 6.58 Å². The number of nitrogens with zero attached hydrogens (tertiary/aromatic N) is 1. The fourth-order valence-corrected chi connectivity index (χ4v) is 3.53. The topological polar surface area (TPSA) is 104 Å².